The minimum absolute atomic E-state index is 0.365. The molecule has 0 amide bonds. The van der Waals surface area contributed by atoms with Crippen LogP contribution in [0.4, 0.5) is 0 Å². The summed E-state index contributed by atoms with van der Waals surface area (Å²) in [5.74, 6) is 1.54. The lowest BCUT2D eigenvalue weighted by atomic mass is 10.1. The zero-order valence-corrected chi connectivity index (χ0v) is 17.8. The molecule has 2 rings (SSSR count). The van der Waals surface area contributed by atoms with E-state index in [-0.39, 0.29) is 0 Å². The van der Waals surface area contributed by atoms with Crippen molar-refractivity contribution in [1.29, 1.82) is 0 Å². The molecule has 28 heavy (non-hydrogen) atoms. The lowest BCUT2D eigenvalue weighted by Gasteiger charge is -2.13. The molecule has 6 nitrogen and oxygen atoms in total. The number of nitrogens with zero attached hydrogens (tertiary/aromatic N) is 1. The summed E-state index contributed by atoms with van der Waals surface area (Å²) in [4.78, 5) is 4.60. The molecule has 0 radical (unpaired) electrons. The molecule has 0 aliphatic heterocycles. The van der Waals surface area contributed by atoms with Crippen LogP contribution in [0.1, 0.15) is 30.0 Å². The predicted molar refractivity (Wildman–Crippen MR) is 114 cm³/mol. The molecule has 152 valence electrons. The topological polar surface area (TPSA) is 79.8 Å². The van der Waals surface area contributed by atoms with Gasteiger partial charge in [-0.2, -0.15) is 0 Å². The van der Waals surface area contributed by atoms with Gasteiger partial charge in [0.1, 0.15) is 5.75 Å². The molecular weight excluding hydrogens is 374 g/mol. The lowest BCUT2D eigenvalue weighted by molar-refractivity contribution is 0.317. The number of hydrogen-bond acceptors (Lipinski definition) is 4. The number of aryl methyl sites for hydroxylation is 1. The van der Waals surface area contributed by atoms with Crippen molar-refractivity contribution in [3.05, 3.63) is 59.2 Å². The second kappa shape index (κ2) is 10.1. The molecule has 0 saturated heterocycles. The molecule has 7 heteroatoms. The van der Waals surface area contributed by atoms with Crippen molar-refractivity contribution in [2.45, 2.75) is 38.3 Å². The van der Waals surface area contributed by atoms with Gasteiger partial charge in [0.05, 0.1) is 11.5 Å². The summed E-state index contributed by atoms with van der Waals surface area (Å²) in [5.41, 5.74) is 2.83. The van der Waals surface area contributed by atoms with E-state index in [2.05, 4.69) is 22.5 Å². The van der Waals surface area contributed by atoms with Gasteiger partial charge in [-0.1, -0.05) is 31.2 Å². The highest BCUT2D eigenvalue weighted by molar-refractivity contribution is 7.90. The average molecular weight is 404 g/mol. The Bertz CT molecular complexity index is 924. The fraction of sp³-hybridized carbons (Fsp3) is 0.381. The van der Waals surface area contributed by atoms with Gasteiger partial charge in [-0.05, 0) is 48.2 Å². The van der Waals surface area contributed by atoms with Gasteiger partial charge < -0.3 is 15.4 Å². The third-order valence-electron chi connectivity index (χ3n) is 4.15. The van der Waals surface area contributed by atoms with Crippen LogP contribution in [0.2, 0.25) is 0 Å². The SMILES string of the molecule is CCCOc1cccc(CNC(=NC)NCc2ccc(S(C)(=O)=O)c(C)c2)c1. The van der Waals surface area contributed by atoms with Crippen LogP contribution in [0.25, 0.3) is 0 Å². The van der Waals surface area contributed by atoms with Gasteiger partial charge in [0.2, 0.25) is 0 Å². The molecule has 2 aromatic carbocycles. The third-order valence-corrected chi connectivity index (χ3v) is 5.41. The molecule has 0 heterocycles. The van der Waals surface area contributed by atoms with E-state index in [0.717, 1.165) is 28.9 Å². The highest BCUT2D eigenvalue weighted by Crippen LogP contribution is 2.16. The second-order valence-electron chi connectivity index (χ2n) is 6.65. The first-order valence-electron chi connectivity index (χ1n) is 9.29. The number of aliphatic imine (C=N–C) groups is 1. The second-order valence-corrected chi connectivity index (χ2v) is 8.63. The standard InChI is InChI=1S/C21H29N3O3S/c1-5-11-27-19-8-6-7-17(13-19)14-23-21(22-3)24-15-18-9-10-20(16(2)12-18)28(4,25)26/h6-10,12-13H,5,11,14-15H2,1-4H3,(H2,22,23,24). The number of rotatable bonds is 8. The van der Waals surface area contributed by atoms with E-state index in [1.807, 2.05) is 36.4 Å². The highest BCUT2D eigenvalue weighted by Gasteiger charge is 2.11. The third kappa shape index (κ3) is 6.56. The Balaban J connectivity index is 1.92. The molecule has 0 aliphatic rings. The number of sulfone groups is 1. The summed E-state index contributed by atoms with van der Waals surface area (Å²) < 4.78 is 29.1. The van der Waals surface area contributed by atoms with Gasteiger partial charge in [-0.15, -0.1) is 0 Å². The fourth-order valence-corrected chi connectivity index (χ4v) is 3.75. The zero-order chi connectivity index (χ0) is 20.6. The van der Waals surface area contributed by atoms with Crippen LogP contribution in [0.5, 0.6) is 5.75 Å². The maximum Gasteiger partial charge on any atom is 0.191 e. The number of guanidine groups is 1. The number of hydrogen-bond donors (Lipinski definition) is 2. The summed E-state index contributed by atoms with van der Waals surface area (Å²) in [6.07, 6.45) is 2.20. The number of nitrogens with one attached hydrogen (secondary N) is 2. The summed E-state index contributed by atoms with van der Waals surface area (Å²) in [7, 11) is -1.49. The summed E-state index contributed by atoms with van der Waals surface area (Å²) in [6.45, 7) is 5.76. The molecule has 0 aromatic heterocycles. The molecule has 0 aliphatic carbocycles. The highest BCUT2D eigenvalue weighted by atomic mass is 32.2. The van der Waals surface area contributed by atoms with Crippen molar-refractivity contribution >= 4 is 15.8 Å². The minimum Gasteiger partial charge on any atom is -0.494 e. The molecule has 0 fully saturated rings. The Kier molecular flexibility index (Phi) is 7.87. The van der Waals surface area contributed by atoms with E-state index in [9.17, 15) is 8.42 Å². The smallest absolute Gasteiger partial charge is 0.191 e. The molecule has 0 unspecified atom stereocenters. The first kappa shape index (κ1) is 21.8. The average Bonchev–Trinajstić information content (AvgIpc) is 2.66. The van der Waals surface area contributed by atoms with Crippen LogP contribution < -0.4 is 15.4 Å². The summed E-state index contributed by atoms with van der Waals surface area (Å²) in [6, 6.07) is 13.3. The molecule has 0 atom stereocenters. The number of benzene rings is 2. The minimum atomic E-state index is -3.20. The van der Waals surface area contributed by atoms with E-state index < -0.39 is 9.84 Å². The lowest BCUT2D eigenvalue weighted by Crippen LogP contribution is -2.36. The van der Waals surface area contributed by atoms with Crippen molar-refractivity contribution in [2.24, 2.45) is 4.99 Å². The van der Waals surface area contributed by atoms with Crippen LogP contribution in [-0.4, -0.2) is 34.3 Å². The van der Waals surface area contributed by atoms with E-state index in [0.29, 0.717) is 30.6 Å². The Labute approximate surface area is 168 Å². The molecule has 2 N–H and O–H groups in total. The quantitative estimate of drug-likeness (QED) is 0.523. The predicted octanol–water partition coefficient (Wildman–Crippen LogP) is 3.05. The molecule has 0 bridgehead atoms. The van der Waals surface area contributed by atoms with Gasteiger partial charge in [-0.3, -0.25) is 4.99 Å². The van der Waals surface area contributed by atoms with Crippen LogP contribution in [0.15, 0.2) is 52.4 Å². The van der Waals surface area contributed by atoms with Crippen molar-refractivity contribution in [1.82, 2.24) is 10.6 Å². The maximum absolute atomic E-state index is 11.7. The van der Waals surface area contributed by atoms with Crippen molar-refractivity contribution < 1.29 is 13.2 Å². The Morgan fingerprint density at radius 1 is 1.07 bits per heavy atom. The van der Waals surface area contributed by atoms with Crippen molar-refractivity contribution in [2.75, 3.05) is 19.9 Å². The van der Waals surface area contributed by atoms with Crippen LogP contribution in [-0.2, 0) is 22.9 Å². The Morgan fingerprint density at radius 2 is 1.75 bits per heavy atom. The largest absolute Gasteiger partial charge is 0.494 e. The first-order chi connectivity index (χ1) is 13.3. The normalized spacial score (nSPS) is 11.9. The molecule has 0 saturated carbocycles. The number of ether oxygens (including phenoxy) is 1. The van der Waals surface area contributed by atoms with Gasteiger partial charge in [0.25, 0.3) is 0 Å². The summed E-state index contributed by atoms with van der Waals surface area (Å²) in [5, 5.41) is 6.53. The van der Waals surface area contributed by atoms with Crippen LogP contribution in [0.3, 0.4) is 0 Å². The zero-order valence-electron chi connectivity index (χ0n) is 17.0. The monoisotopic (exact) mass is 403 g/mol. The maximum atomic E-state index is 11.7. The first-order valence-corrected chi connectivity index (χ1v) is 11.2. The van der Waals surface area contributed by atoms with E-state index in [1.54, 1.807) is 20.0 Å². The fourth-order valence-electron chi connectivity index (χ4n) is 2.79. The molecule has 0 spiro atoms. The van der Waals surface area contributed by atoms with E-state index >= 15 is 0 Å². The molecule has 2 aromatic rings. The molecular formula is C21H29N3O3S. The Hall–Kier alpha value is -2.54. The van der Waals surface area contributed by atoms with Gasteiger partial charge in [-0.25, -0.2) is 8.42 Å². The van der Waals surface area contributed by atoms with Crippen LogP contribution in [0, 0.1) is 6.92 Å². The van der Waals surface area contributed by atoms with Gasteiger partial charge >= 0.3 is 0 Å². The van der Waals surface area contributed by atoms with Crippen molar-refractivity contribution in [3.8, 4) is 5.75 Å². The van der Waals surface area contributed by atoms with Crippen molar-refractivity contribution in [3.63, 3.8) is 0 Å². The van der Waals surface area contributed by atoms with E-state index in [4.69, 9.17) is 4.74 Å². The van der Waals surface area contributed by atoms with Gasteiger partial charge in [0.15, 0.2) is 15.8 Å². The Morgan fingerprint density at radius 3 is 2.32 bits per heavy atom. The summed E-state index contributed by atoms with van der Waals surface area (Å²) >= 11 is 0. The van der Waals surface area contributed by atoms with Gasteiger partial charge in [0, 0.05) is 26.4 Å². The van der Waals surface area contributed by atoms with E-state index in [1.165, 1.54) is 6.26 Å². The van der Waals surface area contributed by atoms with Crippen LogP contribution >= 0.6 is 0 Å².